The van der Waals surface area contributed by atoms with Gasteiger partial charge in [0.15, 0.2) is 16.6 Å². The fraction of sp³-hybridized carbons (Fsp3) is 0.833. The Morgan fingerprint density at radius 1 is 1.00 bits per heavy atom. The predicted molar refractivity (Wildman–Crippen MR) is 132 cm³/mol. The maximum absolute atomic E-state index is 6.90. The summed E-state index contributed by atoms with van der Waals surface area (Å²) in [5.41, 5.74) is 0. The van der Waals surface area contributed by atoms with Crippen LogP contribution >= 0.6 is 0 Å². The molecular formula is C24H48O3Si2. The average Bonchev–Trinajstić information content (AvgIpc) is 2.54. The number of rotatable bonds is 7. The molecule has 1 aliphatic rings. The summed E-state index contributed by atoms with van der Waals surface area (Å²) >= 11 is 0. The van der Waals surface area contributed by atoms with Crippen molar-refractivity contribution in [2.24, 2.45) is 5.92 Å². The minimum Gasteiger partial charge on any atom is -0.413 e. The summed E-state index contributed by atoms with van der Waals surface area (Å²) in [5.74, 6) is 0.315. The number of hydrogen-bond acceptors (Lipinski definition) is 3. The van der Waals surface area contributed by atoms with Gasteiger partial charge in [0, 0.05) is 12.3 Å². The van der Waals surface area contributed by atoms with E-state index in [0.717, 1.165) is 6.42 Å². The van der Waals surface area contributed by atoms with Crippen LogP contribution in [0.4, 0.5) is 0 Å². The SMILES string of the molecule is C=C[C@H](O[Si](C)(C)C(C)(C)C)[C@H]1C[C@H](O[Si](C)(C)C(C)(C)C)[C@@H](C)[C@@H](C=CC)O1. The summed E-state index contributed by atoms with van der Waals surface area (Å²) in [4.78, 5) is 0. The van der Waals surface area contributed by atoms with Gasteiger partial charge in [0.25, 0.3) is 0 Å². The van der Waals surface area contributed by atoms with E-state index in [2.05, 4.69) is 100 Å². The lowest BCUT2D eigenvalue weighted by atomic mass is 9.88. The van der Waals surface area contributed by atoms with Gasteiger partial charge in [-0.15, -0.1) is 6.58 Å². The molecule has 0 unspecified atom stereocenters. The van der Waals surface area contributed by atoms with Crippen molar-refractivity contribution >= 4 is 16.6 Å². The maximum Gasteiger partial charge on any atom is 0.193 e. The molecule has 1 aliphatic heterocycles. The van der Waals surface area contributed by atoms with Crippen molar-refractivity contribution in [3.63, 3.8) is 0 Å². The third kappa shape index (κ3) is 6.63. The topological polar surface area (TPSA) is 27.7 Å². The van der Waals surface area contributed by atoms with Gasteiger partial charge in [-0.05, 0) is 43.2 Å². The first-order valence-electron chi connectivity index (χ1n) is 11.2. The lowest BCUT2D eigenvalue weighted by Gasteiger charge is -2.48. The van der Waals surface area contributed by atoms with Gasteiger partial charge in [-0.25, -0.2) is 0 Å². The van der Waals surface area contributed by atoms with Gasteiger partial charge in [0.1, 0.15) is 0 Å². The summed E-state index contributed by atoms with van der Waals surface area (Å²) in [7, 11) is -3.81. The molecule has 3 nitrogen and oxygen atoms in total. The van der Waals surface area contributed by atoms with E-state index in [-0.39, 0.29) is 34.5 Å². The molecule has 0 bridgehead atoms. The Morgan fingerprint density at radius 3 is 1.93 bits per heavy atom. The highest BCUT2D eigenvalue weighted by atomic mass is 28.4. The largest absolute Gasteiger partial charge is 0.413 e. The van der Waals surface area contributed by atoms with Gasteiger partial charge in [-0.1, -0.05) is 66.7 Å². The predicted octanol–water partition coefficient (Wildman–Crippen LogP) is 7.32. The quantitative estimate of drug-likeness (QED) is 0.306. The molecule has 0 aromatic carbocycles. The Labute approximate surface area is 183 Å². The van der Waals surface area contributed by atoms with E-state index in [4.69, 9.17) is 13.6 Å². The van der Waals surface area contributed by atoms with Gasteiger partial charge in [-0.2, -0.15) is 0 Å². The lowest BCUT2D eigenvalue weighted by Crippen LogP contribution is -2.55. The molecule has 1 fully saturated rings. The van der Waals surface area contributed by atoms with Gasteiger partial charge < -0.3 is 13.6 Å². The standard InChI is InChI=1S/C24H48O3Si2/c1-14-16-20-18(3)21(27-29(12,13)24(7,8)9)17-22(25-20)19(15-2)26-28(10,11)23(4,5)6/h14-16,18-22H,2,17H2,1,3-13H3/t18-,19-,20+,21-,22+/m0/s1. The molecule has 1 rings (SSSR count). The number of hydrogen-bond donors (Lipinski definition) is 0. The highest BCUT2D eigenvalue weighted by molar-refractivity contribution is 6.74. The molecule has 0 aromatic heterocycles. The zero-order valence-corrected chi connectivity index (χ0v) is 23.3. The Balaban J connectivity index is 3.15. The van der Waals surface area contributed by atoms with Crippen LogP contribution in [-0.4, -0.2) is 41.1 Å². The van der Waals surface area contributed by atoms with E-state index < -0.39 is 16.6 Å². The third-order valence-electron chi connectivity index (χ3n) is 7.37. The van der Waals surface area contributed by atoms with Crippen molar-refractivity contribution < 1.29 is 13.6 Å². The van der Waals surface area contributed by atoms with Crippen LogP contribution < -0.4 is 0 Å². The molecule has 0 radical (unpaired) electrons. The summed E-state index contributed by atoms with van der Waals surface area (Å²) in [6.45, 7) is 31.4. The maximum atomic E-state index is 6.90. The zero-order chi connectivity index (χ0) is 22.8. The van der Waals surface area contributed by atoms with Crippen molar-refractivity contribution in [1.29, 1.82) is 0 Å². The van der Waals surface area contributed by atoms with Crippen LogP contribution in [0.5, 0.6) is 0 Å². The normalized spacial score (nSPS) is 28.6. The molecule has 0 amide bonds. The first kappa shape index (κ1) is 26.8. The van der Waals surface area contributed by atoms with Gasteiger partial charge >= 0.3 is 0 Å². The number of ether oxygens (including phenoxy) is 1. The molecule has 1 heterocycles. The van der Waals surface area contributed by atoms with Crippen LogP contribution in [0.2, 0.25) is 36.3 Å². The van der Waals surface area contributed by atoms with Crippen molar-refractivity contribution in [3.8, 4) is 0 Å². The van der Waals surface area contributed by atoms with Gasteiger partial charge in [0.05, 0.1) is 24.4 Å². The van der Waals surface area contributed by atoms with Gasteiger partial charge in [0.2, 0.25) is 0 Å². The van der Waals surface area contributed by atoms with Crippen molar-refractivity contribution in [1.82, 2.24) is 0 Å². The Morgan fingerprint density at radius 2 is 1.52 bits per heavy atom. The summed E-state index contributed by atoms with van der Waals surface area (Å²) in [5, 5.41) is 0.335. The summed E-state index contributed by atoms with van der Waals surface area (Å²) in [6.07, 6.45) is 7.12. The minimum absolute atomic E-state index is 0.0335. The van der Waals surface area contributed by atoms with Crippen LogP contribution in [0.1, 0.15) is 61.8 Å². The summed E-state index contributed by atoms with van der Waals surface area (Å²) in [6, 6.07) is 0. The second-order valence-electron chi connectivity index (χ2n) is 11.8. The van der Waals surface area contributed by atoms with E-state index in [1.54, 1.807) is 0 Å². The molecule has 5 atom stereocenters. The van der Waals surface area contributed by atoms with Crippen molar-refractivity contribution in [2.45, 2.75) is 122 Å². The highest BCUT2D eigenvalue weighted by Crippen LogP contribution is 2.42. The van der Waals surface area contributed by atoms with E-state index in [9.17, 15) is 0 Å². The fourth-order valence-corrected chi connectivity index (χ4v) is 5.87. The first-order chi connectivity index (χ1) is 13.0. The molecule has 29 heavy (non-hydrogen) atoms. The molecule has 5 heteroatoms. The second-order valence-corrected chi connectivity index (χ2v) is 21.3. The third-order valence-corrected chi connectivity index (χ3v) is 16.3. The monoisotopic (exact) mass is 440 g/mol. The fourth-order valence-electron chi connectivity index (χ4n) is 3.16. The summed E-state index contributed by atoms with van der Waals surface area (Å²) < 4.78 is 20.2. The molecule has 0 aliphatic carbocycles. The first-order valence-corrected chi connectivity index (χ1v) is 17.0. The molecule has 0 spiro atoms. The van der Waals surface area contributed by atoms with Gasteiger partial charge in [-0.3, -0.25) is 0 Å². The Kier molecular flexibility index (Phi) is 8.80. The molecule has 0 aromatic rings. The van der Waals surface area contributed by atoms with E-state index in [1.807, 2.05) is 6.08 Å². The Bertz CT molecular complexity index is 570. The zero-order valence-electron chi connectivity index (χ0n) is 21.3. The molecule has 0 N–H and O–H groups in total. The van der Waals surface area contributed by atoms with Crippen molar-refractivity contribution in [2.75, 3.05) is 0 Å². The van der Waals surface area contributed by atoms with Crippen LogP contribution in [0.3, 0.4) is 0 Å². The minimum atomic E-state index is -1.93. The van der Waals surface area contributed by atoms with Crippen LogP contribution in [0.25, 0.3) is 0 Å². The van der Waals surface area contributed by atoms with E-state index in [0.29, 0.717) is 5.92 Å². The Hall–Kier alpha value is -0.206. The smallest absolute Gasteiger partial charge is 0.193 e. The molecule has 1 saturated heterocycles. The lowest BCUT2D eigenvalue weighted by molar-refractivity contribution is -0.132. The second kappa shape index (κ2) is 9.51. The average molecular weight is 441 g/mol. The highest BCUT2D eigenvalue weighted by Gasteiger charge is 2.46. The molecular weight excluding hydrogens is 392 g/mol. The van der Waals surface area contributed by atoms with Crippen LogP contribution in [-0.2, 0) is 13.6 Å². The van der Waals surface area contributed by atoms with E-state index >= 15 is 0 Å². The van der Waals surface area contributed by atoms with Crippen LogP contribution in [0.15, 0.2) is 24.8 Å². The molecule has 0 saturated carbocycles. The van der Waals surface area contributed by atoms with Crippen molar-refractivity contribution in [3.05, 3.63) is 24.8 Å². The molecule has 170 valence electrons. The number of allylic oxidation sites excluding steroid dienone is 1. The van der Waals surface area contributed by atoms with E-state index in [1.165, 1.54) is 0 Å². The van der Waals surface area contributed by atoms with Crippen LogP contribution in [0, 0.1) is 5.92 Å².